The van der Waals surface area contributed by atoms with E-state index in [4.69, 9.17) is 5.26 Å². The van der Waals surface area contributed by atoms with E-state index in [1.807, 2.05) is 44.1 Å². The normalized spacial score (nSPS) is 17.3. The maximum Gasteiger partial charge on any atom is 0.220 e. The minimum Gasteiger partial charge on any atom is -0.355 e. The molecule has 2 N–H and O–H groups in total. The fraction of sp³-hybridized carbons (Fsp3) is 0.421. The lowest BCUT2D eigenvalue weighted by atomic mass is 9.85. The van der Waals surface area contributed by atoms with Crippen molar-refractivity contribution >= 4 is 11.5 Å². The van der Waals surface area contributed by atoms with Gasteiger partial charge in [-0.2, -0.15) is 5.26 Å². The molecule has 0 spiro atoms. The lowest BCUT2D eigenvalue weighted by Crippen LogP contribution is -2.34. The number of nitrogens with one attached hydrogen (secondary N) is 2. The molecule has 2 rings (SSSR count). The van der Waals surface area contributed by atoms with E-state index in [0.717, 1.165) is 23.2 Å². The van der Waals surface area contributed by atoms with Crippen LogP contribution in [0.25, 0.3) is 5.57 Å². The molecule has 24 heavy (non-hydrogen) atoms. The quantitative estimate of drug-likeness (QED) is 0.833. The summed E-state index contributed by atoms with van der Waals surface area (Å²) >= 11 is 0. The molecule has 1 aliphatic heterocycles. The molecule has 0 saturated heterocycles. The molecule has 0 fully saturated rings. The number of rotatable bonds is 6. The van der Waals surface area contributed by atoms with Crippen LogP contribution in [0, 0.1) is 30.7 Å². The van der Waals surface area contributed by atoms with Crippen LogP contribution in [-0.4, -0.2) is 44.5 Å². The molecule has 1 aromatic rings. The van der Waals surface area contributed by atoms with E-state index in [0.29, 0.717) is 25.1 Å². The molecule has 0 bridgehead atoms. The minimum atomic E-state index is -0.0928. The highest BCUT2D eigenvalue weighted by molar-refractivity contribution is 5.81. The first kappa shape index (κ1) is 18.2. The van der Waals surface area contributed by atoms with E-state index in [1.165, 1.54) is 0 Å². The summed E-state index contributed by atoms with van der Waals surface area (Å²) in [5.74, 6) is -0.0695. The van der Waals surface area contributed by atoms with E-state index in [-0.39, 0.29) is 11.8 Å². The molecule has 0 aliphatic carbocycles. The van der Waals surface area contributed by atoms with Crippen molar-refractivity contribution in [3.63, 3.8) is 0 Å². The van der Waals surface area contributed by atoms with Crippen molar-refractivity contribution in [3.05, 3.63) is 47.5 Å². The first-order valence-corrected chi connectivity index (χ1v) is 8.12. The van der Waals surface area contributed by atoms with E-state index < -0.39 is 0 Å². The highest BCUT2D eigenvalue weighted by Crippen LogP contribution is 2.32. The second-order valence-electron chi connectivity index (χ2n) is 6.24. The van der Waals surface area contributed by atoms with Crippen molar-refractivity contribution in [3.8, 4) is 6.07 Å². The third-order valence-corrected chi connectivity index (χ3v) is 4.01. The zero-order valence-corrected chi connectivity index (χ0v) is 14.5. The van der Waals surface area contributed by atoms with Gasteiger partial charge in [0.1, 0.15) is 0 Å². The molecule has 1 amide bonds. The van der Waals surface area contributed by atoms with Crippen LogP contribution in [0.1, 0.15) is 23.1 Å². The molecule has 1 unspecified atom stereocenters. The van der Waals surface area contributed by atoms with Crippen molar-refractivity contribution in [2.24, 2.45) is 5.92 Å². The number of amides is 1. The Kier molecular flexibility index (Phi) is 6.53. The van der Waals surface area contributed by atoms with Gasteiger partial charge in [-0.05, 0) is 49.9 Å². The second-order valence-corrected chi connectivity index (χ2v) is 6.24. The molecule has 2 radical (unpaired) electrons. The number of aryl methyl sites for hydroxylation is 1. The molecule has 5 heteroatoms. The summed E-state index contributed by atoms with van der Waals surface area (Å²) in [7, 11) is 3.96. The number of likely N-dealkylation sites (N-methyl/N-ethyl adjacent to an activating group) is 1. The number of carbonyl (C=O) groups is 1. The van der Waals surface area contributed by atoms with Crippen LogP contribution >= 0.6 is 0 Å². The Morgan fingerprint density at radius 2 is 2.29 bits per heavy atom. The van der Waals surface area contributed by atoms with E-state index >= 15 is 0 Å². The van der Waals surface area contributed by atoms with E-state index in [9.17, 15) is 4.79 Å². The fourth-order valence-electron chi connectivity index (χ4n) is 2.76. The van der Waals surface area contributed by atoms with Crippen LogP contribution < -0.4 is 10.6 Å². The summed E-state index contributed by atoms with van der Waals surface area (Å²) < 4.78 is 0. The zero-order valence-electron chi connectivity index (χ0n) is 14.5. The van der Waals surface area contributed by atoms with Crippen molar-refractivity contribution in [1.82, 2.24) is 15.5 Å². The van der Waals surface area contributed by atoms with Crippen LogP contribution in [0.3, 0.4) is 0 Å². The number of hydrogen-bond acceptors (Lipinski definition) is 4. The van der Waals surface area contributed by atoms with Crippen molar-refractivity contribution in [1.29, 1.82) is 5.26 Å². The predicted molar refractivity (Wildman–Crippen MR) is 94.8 cm³/mol. The van der Waals surface area contributed by atoms with Gasteiger partial charge in [-0.1, -0.05) is 12.1 Å². The Bertz CT molecular complexity index is 658. The first-order chi connectivity index (χ1) is 11.5. The molecule has 1 heterocycles. The monoisotopic (exact) mass is 324 g/mol. The Morgan fingerprint density at radius 1 is 1.50 bits per heavy atom. The first-order valence-electron chi connectivity index (χ1n) is 8.12. The molecule has 0 aromatic heterocycles. The Labute approximate surface area is 144 Å². The maximum absolute atomic E-state index is 12.2. The Morgan fingerprint density at radius 3 is 2.96 bits per heavy atom. The van der Waals surface area contributed by atoms with Gasteiger partial charge in [-0.15, -0.1) is 0 Å². The lowest BCUT2D eigenvalue weighted by Gasteiger charge is -2.25. The molecular formula is C19H24N4O. The number of benzene rings is 1. The van der Waals surface area contributed by atoms with Crippen molar-refractivity contribution < 1.29 is 4.79 Å². The van der Waals surface area contributed by atoms with E-state index in [2.05, 4.69) is 29.3 Å². The number of nitriles is 1. The van der Waals surface area contributed by atoms with Crippen molar-refractivity contribution in [2.45, 2.75) is 13.3 Å². The molecular weight excluding hydrogens is 300 g/mol. The van der Waals surface area contributed by atoms with Crippen LogP contribution in [0.2, 0.25) is 0 Å². The highest BCUT2D eigenvalue weighted by atomic mass is 16.1. The molecule has 1 aliphatic rings. The summed E-state index contributed by atoms with van der Waals surface area (Å²) in [5.41, 5.74) is 3.87. The minimum absolute atomic E-state index is 0.0234. The molecule has 0 saturated carbocycles. The molecule has 1 aromatic carbocycles. The van der Waals surface area contributed by atoms with Gasteiger partial charge in [-0.3, -0.25) is 4.79 Å². The predicted octanol–water partition coefficient (Wildman–Crippen LogP) is 1.58. The van der Waals surface area contributed by atoms with Gasteiger partial charge in [0.2, 0.25) is 5.91 Å². The second kappa shape index (κ2) is 8.62. The molecule has 126 valence electrons. The average Bonchev–Trinajstić information content (AvgIpc) is 2.55. The third kappa shape index (κ3) is 4.92. The van der Waals surface area contributed by atoms with E-state index in [1.54, 1.807) is 0 Å². The Hall–Kier alpha value is -2.16. The van der Waals surface area contributed by atoms with Gasteiger partial charge in [0.05, 0.1) is 18.2 Å². The smallest absolute Gasteiger partial charge is 0.220 e. The topological polar surface area (TPSA) is 68.2 Å². The summed E-state index contributed by atoms with van der Waals surface area (Å²) in [4.78, 5) is 14.2. The molecule has 1 atom stereocenters. The number of carbonyl (C=O) groups excluding carboxylic acids is 1. The van der Waals surface area contributed by atoms with Gasteiger partial charge in [0.15, 0.2) is 0 Å². The largest absolute Gasteiger partial charge is 0.355 e. The zero-order chi connectivity index (χ0) is 17.5. The van der Waals surface area contributed by atoms with Gasteiger partial charge in [0, 0.05) is 32.0 Å². The summed E-state index contributed by atoms with van der Waals surface area (Å²) in [6, 6.07) is 7.82. The molecule has 5 nitrogen and oxygen atoms in total. The summed E-state index contributed by atoms with van der Waals surface area (Å²) in [5, 5.41) is 15.0. The van der Waals surface area contributed by atoms with Crippen LogP contribution in [0.15, 0.2) is 24.3 Å². The number of hydrogen-bond donors (Lipinski definition) is 2. The summed E-state index contributed by atoms with van der Waals surface area (Å²) in [6.07, 6.45) is 2.47. The SMILES string of the molecule is Cc1cc(C#N)ccc1C1=CCN[C]C1CC(=O)NCCN(C)C. The fourth-order valence-corrected chi connectivity index (χ4v) is 2.76. The van der Waals surface area contributed by atoms with Crippen LogP contribution in [0.4, 0.5) is 0 Å². The Balaban J connectivity index is 2.07. The third-order valence-electron chi connectivity index (χ3n) is 4.01. The maximum atomic E-state index is 12.2. The van der Waals surface area contributed by atoms with Gasteiger partial charge in [-0.25, -0.2) is 0 Å². The highest BCUT2D eigenvalue weighted by Gasteiger charge is 2.23. The summed E-state index contributed by atoms with van der Waals surface area (Å²) in [6.45, 7) is 7.35. The van der Waals surface area contributed by atoms with Crippen LogP contribution in [-0.2, 0) is 4.79 Å². The average molecular weight is 324 g/mol. The van der Waals surface area contributed by atoms with Gasteiger partial charge >= 0.3 is 0 Å². The van der Waals surface area contributed by atoms with Gasteiger partial charge in [0.25, 0.3) is 0 Å². The standard InChI is InChI=1S/C19H24N4O/c1-14-10-15(12-20)4-5-17(14)18-6-7-21-13-16(18)11-19(24)22-8-9-23(2)3/h4-6,10,16,21H,7-9,11H2,1-3H3,(H,22,24). The van der Waals surface area contributed by atoms with Gasteiger partial charge < -0.3 is 15.5 Å². The van der Waals surface area contributed by atoms with Crippen LogP contribution in [0.5, 0.6) is 0 Å². The van der Waals surface area contributed by atoms with Crippen molar-refractivity contribution in [2.75, 3.05) is 33.7 Å². The number of nitrogens with zero attached hydrogens (tertiary/aromatic N) is 2. The lowest BCUT2D eigenvalue weighted by molar-refractivity contribution is -0.121.